The lowest BCUT2D eigenvalue weighted by molar-refractivity contribution is -0.136. The molecule has 3 aromatic rings. The molecule has 3 aromatic carbocycles. The molecule has 0 spiro atoms. The van der Waals surface area contributed by atoms with Gasteiger partial charge in [-0.3, -0.25) is 9.69 Å². The van der Waals surface area contributed by atoms with E-state index in [9.17, 15) is 4.79 Å². The van der Waals surface area contributed by atoms with Crippen molar-refractivity contribution in [1.29, 1.82) is 0 Å². The molecule has 2 heterocycles. The first-order chi connectivity index (χ1) is 15.1. The van der Waals surface area contributed by atoms with Gasteiger partial charge >= 0.3 is 5.97 Å². The minimum absolute atomic E-state index is 0.0376. The van der Waals surface area contributed by atoms with Crippen molar-refractivity contribution in [2.45, 2.75) is 44.3 Å². The number of ether oxygens (including phenoxy) is 1. The smallest absolute Gasteiger partial charge is 0.313 e. The van der Waals surface area contributed by atoms with E-state index in [0.29, 0.717) is 29.3 Å². The quantitative estimate of drug-likeness (QED) is 0.425. The van der Waals surface area contributed by atoms with Crippen LogP contribution >= 0.6 is 11.6 Å². The average Bonchev–Trinajstić information content (AvgIpc) is 2.79. The number of fused-ring (bicyclic) bond motifs is 2. The first-order valence-electron chi connectivity index (χ1n) is 11.1. The van der Waals surface area contributed by atoms with Gasteiger partial charge in [-0.2, -0.15) is 0 Å². The minimum Gasteiger partial charge on any atom is -0.426 e. The Kier molecular flexibility index (Phi) is 5.70. The number of piperidine rings is 1. The van der Waals surface area contributed by atoms with Crippen molar-refractivity contribution in [3.05, 3.63) is 76.8 Å². The van der Waals surface area contributed by atoms with Crippen molar-refractivity contribution in [2.24, 2.45) is 0 Å². The Morgan fingerprint density at radius 3 is 2.61 bits per heavy atom. The number of esters is 1. The summed E-state index contributed by atoms with van der Waals surface area (Å²) < 4.78 is 5.39. The zero-order chi connectivity index (χ0) is 21.4. The van der Waals surface area contributed by atoms with Crippen LogP contribution in [-0.4, -0.2) is 30.0 Å². The number of nitrogens with one attached hydrogen (secondary N) is 1. The number of carbonyl (C=O) groups excluding carboxylic acids is 1. The lowest BCUT2D eigenvalue weighted by Crippen LogP contribution is -2.45. The number of carbonyl (C=O) groups is 1. The molecule has 2 aliphatic rings. The third kappa shape index (κ3) is 4.33. The molecule has 5 heteroatoms. The van der Waals surface area contributed by atoms with Crippen LogP contribution in [0.15, 0.2) is 60.7 Å². The van der Waals surface area contributed by atoms with Crippen LogP contribution in [-0.2, 0) is 4.79 Å². The standard InChI is InChI=1S/C26H27ClN2O2/c1-17(19-7-6-18-4-2-3-5-20(18)14-19)29-12-10-22(11-13-29)28-24-16-26(30)31-25-9-8-21(27)15-23(24)25/h2-9,14-15,17,22,24,28H,10-13,16H2,1H3/t17-,24-/m1/s1. The van der Waals surface area contributed by atoms with Gasteiger partial charge in [0.05, 0.1) is 6.42 Å². The Hall–Kier alpha value is -2.40. The Morgan fingerprint density at radius 1 is 1.03 bits per heavy atom. The third-order valence-electron chi connectivity index (χ3n) is 6.71. The van der Waals surface area contributed by atoms with Gasteiger partial charge in [0.1, 0.15) is 5.75 Å². The van der Waals surface area contributed by atoms with Crippen molar-refractivity contribution in [3.8, 4) is 5.75 Å². The molecule has 1 fully saturated rings. The van der Waals surface area contributed by atoms with Gasteiger partial charge in [-0.15, -0.1) is 0 Å². The molecule has 0 aliphatic carbocycles. The monoisotopic (exact) mass is 434 g/mol. The van der Waals surface area contributed by atoms with Crippen LogP contribution in [0, 0.1) is 0 Å². The fourth-order valence-corrected chi connectivity index (χ4v) is 5.07. The van der Waals surface area contributed by atoms with E-state index in [2.05, 4.69) is 59.6 Å². The second-order valence-electron chi connectivity index (χ2n) is 8.67. The fraction of sp³-hybridized carbons (Fsp3) is 0.346. The predicted molar refractivity (Wildman–Crippen MR) is 125 cm³/mol. The van der Waals surface area contributed by atoms with Crippen LogP contribution in [0.1, 0.15) is 49.4 Å². The van der Waals surface area contributed by atoms with Gasteiger partial charge in [-0.05, 0) is 60.4 Å². The van der Waals surface area contributed by atoms with E-state index in [1.54, 1.807) is 12.1 Å². The van der Waals surface area contributed by atoms with E-state index in [1.165, 1.54) is 16.3 Å². The second-order valence-corrected chi connectivity index (χ2v) is 9.11. The fourth-order valence-electron chi connectivity index (χ4n) is 4.89. The molecule has 0 aromatic heterocycles. The molecule has 0 saturated carbocycles. The number of hydrogen-bond donors (Lipinski definition) is 1. The molecule has 0 unspecified atom stereocenters. The highest BCUT2D eigenvalue weighted by molar-refractivity contribution is 6.30. The first kappa shape index (κ1) is 20.5. The van der Waals surface area contributed by atoms with E-state index < -0.39 is 0 Å². The number of likely N-dealkylation sites (tertiary alicyclic amines) is 1. The molecule has 1 saturated heterocycles. The van der Waals surface area contributed by atoms with Gasteiger partial charge in [0, 0.05) is 41.8 Å². The predicted octanol–water partition coefficient (Wildman–Crippen LogP) is 5.66. The normalized spacial score (nSPS) is 21.0. The molecular formula is C26H27ClN2O2. The molecule has 160 valence electrons. The van der Waals surface area contributed by atoms with Gasteiger partial charge in [0.15, 0.2) is 0 Å². The summed E-state index contributed by atoms with van der Waals surface area (Å²) in [5.41, 5.74) is 2.35. The van der Waals surface area contributed by atoms with E-state index in [-0.39, 0.29) is 12.0 Å². The highest BCUT2D eigenvalue weighted by Crippen LogP contribution is 2.36. The average molecular weight is 435 g/mol. The van der Waals surface area contributed by atoms with E-state index in [1.807, 2.05) is 6.07 Å². The lowest BCUT2D eigenvalue weighted by atomic mass is 9.95. The van der Waals surface area contributed by atoms with Crippen molar-refractivity contribution in [1.82, 2.24) is 10.2 Å². The van der Waals surface area contributed by atoms with Gasteiger partial charge in [-0.1, -0.05) is 48.0 Å². The van der Waals surface area contributed by atoms with E-state index in [4.69, 9.17) is 16.3 Å². The SMILES string of the molecule is C[C@H](c1ccc2ccccc2c1)N1CCC(N[C@@H]2CC(=O)Oc3ccc(Cl)cc32)CC1. The summed E-state index contributed by atoms with van der Waals surface area (Å²) in [6, 6.07) is 21.5. The number of rotatable bonds is 4. The zero-order valence-electron chi connectivity index (χ0n) is 17.7. The molecule has 1 N–H and O–H groups in total. The van der Waals surface area contributed by atoms with Crippen LogP contribution in [0.5, 0.6) is 5.75 Å². The van der Waals surface area contributed by atoms with E-state index >= 15 is 0 Å². The van der Waals surface area contributed by atoms with Crippen LogP contribution in [0.25, 0.3) is 10.8 Å². The summed E-state index contributed by atoms with van der Waals surface area (Å²) in [5, 5.41) is 6.96. The Balaban J connectivity index is 1.23. The molecule has 2 atom stereocenters. The highest BCUT2D eigenvalue weighted by Gasteiger charge is 2.31. The van der Waals surface area contributed by atoms with Crippen molar-refractivity contribution < 1.29 is 9.53 Å². The number of nitrogens with zero attached hydrogens (tertiary/aromatic N) is 1. The number of halogens is 1. The molecule has 2 aliphatic heterocycles. The van der Waals surface area contributed by atoms with Crippen LogP contribution in [0.4, 0.5) is 0 Å². The maximum Gasteiger partial charge on any atom is 0.313 e. The summed E-state index contributed by atoms with van der Waals surface area (Å²) in [5.74, 6) is 0.440. The number of hydrogen-bond acceptors (Lipinski definition) is 4. The summed E-state index contributed by atoms with van der Waals surface area (Å²) in [6.07, 6.45) is 2.46. The van der Waals surface area contributed by atoms with Gasteiger partial charge in [-0.25, -0.2) is 0 Å². The summed E-state index contributed by atoms with van der Waals surface area (Å²) in [4.78, 5) is 14.6. The van der Waals surface area contributed by atoms with Crippen molar-refractivity contribution in [3.63, 3.8) is 0 Å². The second kappa shape index (κ2) is 8.62. The molecule has 0 amide bonds. The van der Waals surface area contributed by atoms with Gasteiger partial charge < -0.3 is 10.1 Å². The molecule has 0 radical (unpaired) electrons. The highest BCUT2D eigenvalue weighted by atomic mass is 35.5. The van der Waals surface area contributed by atoms with Gasteiger partial charge in [0.25, 0.3) is 0 Å². The minimum atomic E-state index is -0.185. The molecule has 31 heavy (non-hydrogen) atoms. The lowest BCUT2D eigenvalue weighted by Gasteiger charge is -2.38. The summed E-state index contributed by atoms with van der Waals surface area (Å²) in [7, 11) is 0. The van der Waals surface area contributed by atoms with Crippen molar-refractivity contribution in [2.75, 3.05) is 13.1 Å². The van der Waals surface area contributed by atoms with Gasteiger partial charge in [0.2, 0.25) is 0 Å². The molecule has 4 nitrogen and oxygen atoms in total. The Bertz CT molecular complexity index is 1110. The molecule has 5 rings (SSSR count). The van der Waals surface area contributed by atoms with Crippen LogP contribution in [0.2, 0.25) is 5.02 Å². The molecular weight excluding hydrogens is 408 g/mol. The topological polar surface area (TPSA) is 41.6 Å². The third-order valence-corrected chi connectivity index (χ3v) is 6.95. The zero-order valence-corrected chi connectivity index (χ0v) is 18.4. The Morgan fingerprint density at radius 2 is 1.81 bits per heavy atom. The largest absolute Gasteiger partial charge is 0.426 e. The number of benzene rings is 3. The maximum absolute atomic E-state index is 12.1. The van der Waals surface area contributed by atoms with Crippen LogP contribution in [0.3, 0.4) is 0 Å². The van der Waals surface area contributed by atoms with Crippen molar-refractivity contribution >= 4 is 28.3 Å². The van der Waals surface area contributed by atoms with E-state index in [0.717, 1.165) is 31.5 Å². The Labute approximate surface area is 188 Å². The summed E-state index contributed by atoms with van der Waals surface area (Å²) in [6.45, 7) is 4.36. The maximum atomic E-state index is 12.1. The van der Waals surface area contributed by atoms with Crippen LogP contribution < -0.4 is 10.1 Å². The molecule has 0 bridgehead atoms. The summed E-state index contributed by atoms with van der Waals surface area (Å²) >= 11 is 6.19. The first-order valence-corrected chi connectivity index (χ1v) is 11.4.